The van der Waals surface area contributed by atoms with Crippen molar-refractivity contribution in [2.45, 2.75) is 38.3 Å². The van der Waals surface area contributed by atoms with E-state index in [1.807, 2.05) is 0 Å². The molecule has 3 rings (SSSR count). The highest BCUT2D eigenvalue weighted by atomic mass is 28.3. The number of hydrogen-bond donors (Lipinski definition) is 0. The summed E-state index contributed by atoms with van der Waals surface area (Å²) >= 11 is 0. The Hall–Kier alpha value is -2.38. The molecule has 3 aromatic rings. The maximum atomic E-state index is 2.43. The molecule has 3 aromatic carbocycles. The summed E-state index contributed by atoms with van der Waals surface area (Å²) < 4.78 is 0. The van der Waals surface area contributed by atoms with Gasteiger partial charge >= 0.3 is 0 Å². The molecule has 0 nitrogen and oxygen atoms in total. The van der Waals surface area contributed by atoms with Crippen LogP contribution in [0.25, 0.3) is 6.08 Å². The highest BCUT2D eigenvalue weighted by Gasteiger charge is 2.46. The van der Waals surface area contributed by atoms with E-state index in [-0.39, 0.29) is 5.04 Å². The third-order valence-corrected chi connectivity index (χ3v) is 11.8. The lowest BCUT2D eigenvalue weighted by Crippen LogP contribution is -2.64. The topological polar surface area (TPSA) is 0 Å². The molecule has 0 aliphatic heterocycles. The number of rotatable bonds is 6. The highest BCUT2D eigenvalue weighted by Crippen LogP contribution is 2.39. The van der Waals surface area contributed by atoms with Crippen molar-refractivity contribution in [3.63, 3.8) is 0 Å². The molecule has 0 spiro atoms. The minimum Gasteiger partial charge on any atom is -0.0842 e. The molecule has 0 bridgehead atoms. The van der Waals surface area contributed by atoms with Crippen LogP contribution in [-0.4, -0.2) is 8.07 Å². The first kappa shape index (κ1) is 19.4. The van der Waals surface area contributed by atoms with Crippen molar-refractivity contribution in [2.75, 3.05) is 0 Å². The average Bonchev–Trinajstić information content (AvgIpc) is 2.69. The van der Waals surface area contributed by atoms with Gasteiger partial charge < -0.3 is 0 Å². The van der Waals surface area contributed by atoms with Crippen molar-refractivity contribution in [3.05, 3.63) is 103 Å². The molecule has 27 heavy (non-hydrogen) atoms. The van der Waals surface area contributed by atoms with Crippen LogP contribution in [0.4, 0.5) is 0 Å². The van der Waals surface area contributed by atoms with Crippen molar-refractivity contribution in [3.8, 4) is 0 Å². The van der Waals surface area contributed by atoms with Gasteiger partial charge in [0.25, 0.3) is 0 Å². The second kappa shape index (κ2) is 8.54. The van der Waals surface area contributed by atoms with Crippen LogP contribution >= 0.6 is 0 Å². The van der Waals surface area contributed by atoms with Crippen LogP contribution in [-0.2, 0) is 0 Å². The van der Waals surface area contributed by atoms with Gasteiger partial charge in [-0.1, -0.05) is 134 Å². The predicted molar refractivity (Wildman–Crippen MR) is 123 cm³/mol. The molecule has 0 aliphatic rings. The van der Waals surface area contributed by atoms with Crippen molar-refractivity contribution in [1.82, 2.24) is 0 Å². The molecule has 138 valence electrons. The van der Waals surface area contributed by atoms with Gasteiger partial charge in [0.1, 0.15) is 8.07 Å². The van der Waals surface area contributed by atoms with Crippen molar-refractivity contribution < 1.29 is 0 Å². The molecule has 0 saturated heterocycles. The van der Waals surface area contributed by atoms with E-state index < -0.39 is 8.07 Å². The van der Waals surface area contributed by atoms with Gasteiger partial charge in [0.15, 0.2) is 0 Å². The van der Waals surface area contributed by atoms with E-state index in [1.165, 1.54) is 22.0 Å². The van der Waals surface area contributed by atoms with Gasteiger partial charge in [0.05, 0.1) is 0 Å². The van der Waals surface area contributed by atoms with Gasteiger partial charge in [0.2, 0.25) is 0 Å². The van der Waals surface area contributed by atoms with Crippen LogP contribution in [0.2, 0.25) is 11.1 Å². The molecule has 1 heteroatoms. The molecule has 0 radical (unpaired) electrons. The summed E-state index contributed by atoms with van der Waals surface area (Å²) in [6, 6.07) is 34.3. The Bertz CT molecular complexity index is 803. The SMILES string of the molecule is CC(C)(C)[Si](CC/C=C/c1ccccc1)(c1ccccc1)c1ccccc1. The monoisotopic (exact) mass is 370 g/mol. The van der Waals surface area contributed by atoms with E-state index in [1.54, 1.807) is 0 Å². The fourth-order valence-corrected chi connectivity index (χ4v) is 9.74. The summed E-state index contributed by atoms with van der Waals surface area (Å²) in [5.41, 5.74) is 1.28. The zero-order chi connectivity index (χ0) is 19.2. The zero-order valence-electron chi connectivity index (χ0n) is 16.7. The van der Waals surface area contributed by atoms with Gasteiger partial charge in [-0.2, -0.15) is 0 Å². The minimum absolute atomic E-state index is 0.232. The van der Waals surface area contributed by atoms with Gasteiger partial charge in [-0.05, 0) is 23.1 Å². The van der Waals surface area contributed by atoms with Crippen LogP contribution < -0.4 is 10.4 Å². The molecular formula is C26H30Si. The summed E-state index contributed by atoms with van der Waals surface area (Å²) in [5, 5.41) is 3.31. The molecule has 0 aromatic heterocycles. The zero-order valence-corrected chi connectivity index (χ0v) is 17.7. The van der Waals surface area contributed by atoms with Crippen molar-refractivity contribution >= 4 is 24.5 Å². The first-order chi connectivity index (χ1) is 13.0. The first-order valence-corrected chi connectivity index (χ1v) is 12.1. The van der Waals surface area contributed by atoms with Crippen LogP contribution in [0.1, 0.15) is 32.8 Å². The molecule has 0 saturated carbocycles. The van der Waals surface area contributed by atoms with Gasteiger partial charge in [-0.15, -0.1) is 0 Å². The largest absolute Gasteiger partial charge is 0.123 e. The Morgan fingerprint density at radius 3 is 1.56 bits per heavy atom. The lowest BCUT2D eigenvalue weighted by Gasteiger charge is -2.44. The summed E-state index contributed by atoms with van der Waals surface area (Å²) in [4.78, 5) is 0. The summed E-state index contributed by atoms with van der Waals surface area (Å²) in [5.74, 6) is 0. The fraction of sp³-hybridized carbons (Fsp3) is 0.231. The summed E-state index contributed by atoms with van der Waals surface area (Å²) in [6.45, 7) is 7.29. The number of benzene rings is 3. The van der Waals surface area contributed by atoms with Crippen LogP contribution in [0.3, 0.4) is 0 Å². The molecule has 0 fully saturated rings. The standard InChI is InChI=1S/C26H30Si/c1-26(2,3)27(24-18-9-5-10-19-24,25-20-11-6-12-21-25)22-14-13-17-23-15-7-4-8-16-23/h4-13,15-21H,14,22H2,1-3H3/b17-13+. The minimum atomic E-state index is -1.94. The summed E-state index contributed by atoms with van der Waals surface area (Å²) in [7, 11) is -1.94. The van der Waals surface area contributed by atoms with E-state index in [9.17, 15) is 0 Å². The lowest BCUT2D eigenvalue weighted by atomic mass is 10.2. The van der Waals surface area contributed by atoms with E-state index in [4.69, 9.17) is 0 Å². The Morgan fingerprint density at radius 2 is 1.11 bits per heavy atom. The quantitative estimate of drug-likeness (QED) is 0.456. The normalized spacial score (nSPS) is 12.4. The van der Waals surface area contributed by atoms with Gasteiger partial charge in [0, 0.05) is 0 Å². The lowest BCUT2D eigenvalue weighted by molar-refractivity contribution is 0.724. The van der Waals surface area contributed by atoms with E-state index in [2.05, 4.69) is 124 Å². The van der Waals surface area contributed by atoms with Crippen molar-refractivity contribution in [1.29, 1.82) is 0 Å². The number of allylic oxidation sites excluding steroid dienone is 1. The molecule has 0 atom stereocenters. The van der Waals surface area contributed by atoms with Gasteiger partial charge in [-0.25, -0.2) is 0 Å². The predicted octanol–water partition coefficient (Wildman–Crippen LogP) is 6.15. The average molecular weight is 371 g/mol. The maximum absolute atomic E-state index is 2.43. The first-order valence-electron chi connectivity index (χ1n) is 9.87. The van der Waals surface area contributed by atoms with E-state index in [0.717, 1.165) is 6.42 Å². The smallest absolute Gasteiger partial charge is 0.0842 e. The van der Waals surface area contributed by atoms with Crippen LogP contribution in [0.15, 0.2) is 97.1 Å². The molecule has 0 heterocycles. The third kappa shape index (κ3) is 4.31. The Labute approximate surface area is 165 Å². The number of hydrogen-bond acceptors (Lipinski definition) is 0. The van der Waals surface area contributed by atoms with Crippen molar-refractivity contribution in [2.24, 2.45) is 0 Å². The third-order valence-electron chi connectivity index (χ3n) is 5.61. The van der Waals surface area contributed by atoms with E-state index >= 15 is 0 Å². The maximum Gasteiger partial charge on any atom is 0.123 e. The molecular weight excluding hydrogens is 340 g/mol. The Balaban J connectivity index is 1.98. The Kier molecular flexibility index (Phi) is 6.13. The second-order valence-corrected chi connectivity index (χ2v) is 13.2. The van der Waals surface area contributed by atoms with Gasteiger partial charge in [-0.3, -0.25) is 0 Å². The van der Waals surface area contributed by atoms with E-state index in [0.29, 0.717) is 0 Å². The molecule has 0 N–H and O–H groups in total. The second-order valence-electron chi connectivity index (χ2n) is 8.24. The fourth-order valence-electron chi connectivity index (χ4n) is 4.23. The summed E-state index contributed by atoms with van der Waals surface area (Å²) in [6.07, 6.45) is 5.72. The molecule has 0 aliphatic carbocycles. The van der Waals surface area contributed by atoms with Crippen LogP contribution in [0.5, 0.6) is 0 Å². The molecule has 0 amide bonds. The highest BCUT2D eigenvalue weighted by molar-refractivity contribution is 7.04. The molecule has 0 unspecified atom stereocenters. The van der Waals surface area contributed by atoms with Crippen LogP contribution in [0, 0.1) is 0 Å². The Morgan fingerprint density at radius 1 is 0.667 bits per heavy atom.